The van der Waals surface area contributed by atoms with E-state index < -0.39 is 0 Å². The fraction of sp³-hybridized carbons (Fsp3) is 0.273. The van der Waals surface area contributed by atoms with Gasteiger partial charge in [-0.1, -0.05) is 42.5 Å². The smallest absolute Gasteiger partial charge is 0.174 e. The van der Waals surface area contributed by atoms with E-state index in [9.17, 15) is 0 Å². The van der Waals surface area contributed by atoms with E-state index in [-0.39, 0.29) is 6.61 Å². The highest BCUT2D eigenvalue weighted by Gasteiger charge is 2.07. The van der Waals surface area contributed by atoms with Crippen molar-refractivity contribution in [2.24, 2.45) is 0 Å². The molecule has 0 amide bonds. The maximum Gasteiger partial charge on any atom is 0.174 e. The minimum Gasteiger partial charge on any atom is -0.478 e. The van der Waals surface area contributed by atoms with Crippen LogP contribution >= 0.6 is 0 Å². The molecule has 3 aromatic rings. The van der Waals surface area contributed by atoms with Crippen LogP contribution < -0.4 is 4.74 Å². The number of nitrogens with zero attached hydrogens (tertiary/aromatic N) is 2. The van der Waals surface area contributed by atoms with Gasteiger partial charge in [0.2, 0.25) is 0 Å². The molecule has 0 unspecified atom stereocenters. The molecular formula is C22H22N2O3. The van der Waals surface area contributed by atoms with Crippen LogP contribution in [0.25, 0.3) is 10.9 Å². The van der Waals surface area contributed by atoms with Gasteiger partial charge < -0.3 is 14.2 Å². The molecule has 5 heteroatoms. The van der Waals surface area contributed by atoms with E-state index in [0.29, 0.717) is 26.4 Å². The average molecular weight is 362 g/mol. The molecule has 0 aliphatic rings. The second-order valence-corrected chi connectivity index (χ2v) is 6.11. The number of para-hydroxylation sites is 2. The first-order chi connectivity index (χ1) is 13.3. The van der Waals surface area contributed by atoms with Crippen molar-refractivity contribution in [2.45, 2.75) is 20.1 Å². The Balaban J connectivity index is 1.43. The van der Waals surface area contributed by atoms with Crippen LogP contribution in [-0.2, 0) is 22.7 Å². The van der Waals surface area contributed by atoms with Crippen molar-refractivity contribution in [3.05, 3.63) is 71.4 Å². The summed E-state index contributed by atoms with van der Waals surface area (Å²) in [5.74, 6) is 0.723. The summed E-state index contributed by atoms with van der Waals surface area (Å²) in [5.41, 5.74) is 3.80. The summed E-state index contributed by atoms with van der Waals surface area (Å²) in [7, 11) is 0. The SMILES string of the molecule is Cc1cccc(COCCOCc2ccc3ccccc3n2)c1OCC#N. The van der Waals surface area contributed by atoms with Crippen molar-refractivity contribution >= 4 is 10.9 Å². The van der Waals surface area contributed by atoms with Crippen LogP contribution in [0.5, 0.6) is 5.75 Å². The molecule has 138 valence electrons. The monoisotopic (exact) mass is 362 g/mol. The summed E-state index contributed by atoms with van der Waals surface area (Å²) in [6.45, 7) is 3.80. The Labute approximate surface area is 159 Å². The third kappa shape index (κ3) is 5.27. The summed E-state index contributed by atoms with van der Waals surface area (Å²) >= 11 is 0. The van der Waals surface area contributed by atoms with Gasteiger partial charge >= 0.3 is 0 Å². The quantitative estimate of drug-likeness (QED) is 0.534. The zero-order valence-electron chi connectivity index (χ0n) is 15.4. The summed E-state index contributed by atoms with van der Waals surface area (Å²) < 4.78 is 16.9. The van der Waals surface area contributed by atoms with Crippen LogP contribution in [0.3, 0.4) is 0 Å². The molecule has 0 fully saturated rings. The van der Waals surface area contributed by atoms with Crippen molar-refractivity contribution in [3.8, 4) is 11.8 Å². The van der Waals surface area contributed by atoms with Crippen molar-refractivity contribution in [1.82, 2.24) is 4.98 Å². The minimum atomic E-state index is 0.0275. The number of pyridine rings is 1. The number of hydrogen-bond acceptors (Lipinski definition) is 5. The van der Waals surface area contributed by atoms with Crippen LogP contribution in [0, 0.1) is 18.3 Å². The summed E-state index contributed by atoms with van der Waals surface area (Å²) in [5, 5.41) is 9.83. The fourth-order valence-corrected chi connectivity index (χ4v) is 2.80. The lowest BCUT2D eigenvalue weighted by Gasteiger charge is -2.12. The van der Waals surface area contributed by atoms with Gasteiger partial charge in [-0.25, -0.2) is 0 Å². The summed E-state index contributed by atoms with van der Waals surface area (Å²) in [6.07, 6.45) is 0. The van der Waals surface area contributed by atoms with Crippen LogP contribution in [0.1, 0.15) is 16.8 Å². The topological polar surface area (TPSA) is 64.4 Å². The molecule has 0 aliphatic carbocycles. The Bertz CT molecular complexity index is 934. The first-order valence-electron chi connectivity index (χ1n) is 8.86. The molecule has 27 heavy (non-hydrogen) atoms. The van der Waals surface area contributed by atoms with Gasteiger partial charge in [0.15, 0.2) is 6.61 Å². The maximum atomic E-state index is 8.71. The number of aryl methyl sites for hydroxylation is 1. The van der Waals surface area contributed by atoms with E-state index >= 15 is 0 Å². The Morgan fingerprint density at radius 2 is 1.74 bits per heavy atom. The molecule has 0 aliphatic heterocycles. The number of fused-ring (bicyclic) bond motifs is 1. The molecule has 1 heterocycles. The number of rotatable bonds is 9. The highest BCUT2D eigenvalue weighted by molar-refractivity contribution is 5.78. The Hall–Kier alpha value is -2.94. The summed E-state index contributed by atoms with van der Waals surface area (Å²) in [4.78, 5) is 4.58. The number of ether oxygens (including phenoxy) is 3. The lowest BCUT2D eigenvalue weighted by molar-refractivity contribution is 0.0323. The number of nitriles is 1. The molecule has 2 aromatic carbocycles. The van der Waals surface area contributed by atoms with E-state index in [1.165, 1.54) is 0 Å². The normalized spacial score (nSPS) is 10.7. The highest BCUT2D eigenvalue weighted by atomic mass is 16.5. The van der Waals surface area contributed by atoms with Gasteiger partial charge in [0.1, 0.15) is 11.8 Å². The van der Waals surface area contributed by atoms with Gasteiger partial charge in [-0.05, 0) is 24.6 Å². The van der Waals surface area contributed by atoms with Gasteiger partial charge in [-0.3, -0.25) is 4.98 Å². The molecule has 0 spiro atoms. The van der Waals surface area contributed by atoms with E-state index in [1.54, 1.807) is 0 Å². The lowest BCUT2D eigenvalue weighted by Crippen LogP contribution is -2.07. The average Bonchev–Trinajstić information content (AvgIpc) is 2.70. The Kier molecular flexibility index (Phi) is 6.75. The van der Waals surface area contributed by atoms with Gasteiger partial charge in [-0.15, -0.1) is 0 Å². The zero-order chi connectivity index (χ0) is 18.9. The van der Waals surface area contributed by atoms with Crippen LogP contribution in [0.15, 0.2) is 54.6 Å². The molecule has 0 saturated carbocycles. The first-order valence-corrected chi connectivity index (χ1v) is 8.86. The molecule has 5 nitrogen and oxygen atoms in total. The summed E-state index contributed by atoms with van der Waals surface area (Å²) in [6, 6.07) is 19.9. The van der Waals surface area contributed by atoms with E-state index in [1.807, 2.05) is 61.5 Å². The Morgan fingerprint density at radius 3 is 2.59 bits per heavy atom. The molecular weight excluding hydrogens is 340 g/mol. The fourth-order valence-electron chi connectivity index (χ4n) is 2.80. The molecule has 1 aromatic heterocycles. The maximum absolute atomic E-state index is 8.71. The lowest BCUT2D eigenvalue weighted by atomic mass is 10.1. The Morgan fingerprint density at radius 1 is 0.926 bits per heavy atom. The van der Waals surface area contributed by atoms with Gasteiger partial charge in [-0.2, -0.15) is 5.26 Å². The van der Waals surface area contributed by atoms with Crippen molar-refractivity contribution < 1.29 is 14.2 Å². The molecule has 0 N–H and O–H groups in total. The van der Waals surface area contributed by atoms with E-state index in [0.717, 1.165) is 33.5 Å². The zero-order valence-corrected chi connectivity index (χ0v) is 15.4. The van der Waals surface area contributed by atoms with E-state index in [4.69, 9.17) is 19.5 Å². The first kappa shape index (κ1) is 18.8. The molecule has 0 saturated heterocycles. The number of hydrogen-bond donors (Lipinski definition) is 0. The number of benzene rings is 2. The molecule has 0 bridgehead atoms. The molecule has 3 rings (SSSR count). The van der Waals surface area contributed by atoms with E-state index in [2.05, 4.69) is 11.1 Å². The predicted octanol–water partition coefficient (Wildman–Crippen LogP) is 4.18. The third-order valence-corrected chi connectivity index (χ3v) is 4.11. The van der Waals surface area contributed by atoms with Crippen LogP contribution in [-0.4, -0.2) is 24.8 Å². The van der Waals surface area contributed by atoms with Crippen molar-refractivity contribution in [2.75, 3.05) is 19.8 Å². The van der Waals surface area contributed by atoms with Gasteiger partial charge in [0.25, 0.3) is 0 Å². The van der Waals surface area contributed by atoms with Gasteiger partial charge in [0, 0.05) is 10.9 Å². The third-order valence-electron chi connectivity index (χ3n) is 4.11. The van der Waals surface area contributed by atoms with Gasteiger partial charge in [0.05, 0.1) is 37.6 Å². The second kappa shape index (κ2) is 9.67. The van der Waals surface area contributed by atoms with Crippen LogP contribution in [0.4, 0.5) is 0 Å². The number of aromatic nitrogens is 1. The van der Waals surface area contributed by atoms with Crippen molar-refractivity contribution in [1.29, 1.82) is 5.26 Å². The molecule has 0 atom stereocenters. The minimum absolute atomic E-state index is 0.0275. The second-order valence-electron chi connectivity index (χ2n) is 6.11. The van der Waals surface area contributed by atoms with Crippen molar-refractivity contribution in [3.63, 3.8) is 0 Å². The van der Waals surface area contributed by atoms with Crippen LogP contribution in [0.2, 0.25) is 0 Å². The molecule has 0 radical (unpaired) electrons. The largest absolute Gasteiger partial charge is 0.478 e. The standard InChI is InChI=1S/C22H22N2O3/c1-17-5-4-7-19(22(17)27-12-11-23)15-25-13-14-26-16-20-10-9-18-6-2-3-8-21(18)24-20/h2-10H,12-16H2,1H3. The highest BCUT2D eigenvalue weighted by Crippen LogP contribution is 2.24. The predicted molar refractivity (Wildman–Crippen MR) is 103 cm³/mol.